The maximum absolute atomic E-state index is 12.8. The average Bonchev–Trinajstić information content (AvgIpc) is 3.62. The lowest BCUT2D eigenvalue weighted by Crippen LogP contribution is -2.29. The molecule has 1 atom stereocenters. The molecule has 2 N–H and O–H groups in total. The molecule has 0 radical (unpaired) electrons. The summed E-state index contributed by atoms with van der Waals surface area (Å²) >= 11 is 7.69. The van der Waals surface area contributed by atoms with Crippen LogP contribution in [-0.4, -0.2) is 55.8 Å². The molecule has 1 unspecified atom stereocenters. The van der Waals surface area contributed by atoms with E-state index in [0.29, 0.717) is 66.8 Å². The Kier molecular flexibility index (Phi) is 10.6. The van der Waals surface area contributed by atoms with Crippen molar-refractivity contribution in [1.82, 2.24) is 19.3 Å². The van der Waals surface area contributed by atoms with E-state index in [1.807, 2.05) is 60.7 Å². The highest BCUT2D eigenvalue weighted by Crippen LogP contribution is 2.46. The number of carboxylic acid groups (broad SMARTS) is 1. The van der Waals surface area contributed by atoms with Crippen LogP contribution in [0.4, 0.5) is 0 Å². The summed E-state index contributed by atoms with van der Waals surface area (Å²) in [6, 6.07) is 27.1. The maximum atomic E-state index is 12.8. The number of benzene rings is 4. The second kappa shape index (κ2) is 15.8. The van der Waals surface area contributed by atoms with Gasteiger partial charge in [-0.1, -0.05) is 60.1 Å². The molecular weight excluding hydrogens is 728 g/mol. The van der Waals surface area contributed by atoms with E-state index in [4.69, 9.17) is 35.5 Å². The fourth-order valence-corrected chi connectivity index (χ4v) is 6.96. The fourth-order valence-electron chi connectivity index (χ4n) is 6.10. The minimum absolute atomic E-state index is 0.0337. The van der Waals surface area contributed by atoms with Crippen LogP contribution in [0.2, 0.25) is 5.02 Å². The van der Waals surface area contributed by atoms with Gasteiger partial charge in [0.25, 0.3) is 0 Å². The summed E-state index contributed by atoms with van der Waals surface area (Å²) in [5.41, 5.74) is 5.19. The zero-order valence-electron chi connectivity index (χ0n) is 29.3. The first-order valence-corrected chi connectivity index (χ1v) is 17.9. The predicted molar refractivity (Wildman–Crippen MR) is 207 cm³/mol. The number of fused-ring (bicyclic) bond motifs is 1. The van der Waals surface area contributed by atoms with Crippen LogP contribution in [0.5, 0.6) is 28.9 Å². The first-order valence-electron chi connectivity index (χ1n) is 16.7. The van der Waals surface area contributed by atoms with Crippen LogP contribution in [0.25, 0.3) is 43.9 Å². The smallest absolute Gasteiger partial charge is 0.345 e. The van der Waals surface area contributed by atoms with Crippen molar-refractivity contribution in [3.63, 3.8) is 0 Å². The van der Waals surface area contributed by atoms with Gasteiger partial charge < -0.3 is 29.2 Å². The quantitative estimate of drug-likeness (QED) is 0.116. The Labute approximate surface area is 319 Å². The summed E-state index contributed by atoms with van der Waals surface area (Å²) in [6.45, 7) is 1.90. The number of carbonyl (C=O) groups is 1. The van der Waals surface area contributed by atoms with Gasteiger partial charge in [0.2, 0.25) is 12.0 Å². The summed E-state index contributed by atoms with van der Waals surface area (Å²) in [5, 5.41) is 21.6. The van der Waals surface area contributed by atoms with Crippen molar-refractivity contribution in [1.29, 1.82) is 0 Å². The van der Waals surface area contributed by atoms with Crippen LogP contribution in [-0.2, 0) is 17.8 Å². The number of methoxy groups -OCH3 is 2. The van der Waals surface area contributed by atoms with Crippen molar-refractivity contribution in [3.8, 4) is 62.7 Å². The van der Waals surface area contributed by atoms with Gasteiger partial charge in [-0.15, -0.1) is 0 Å². The van der Waals surface area contributed by atoms with E-state index < -0.39 is 12.1 Å². The van der Waals surface area contributed by atoms with Gasteiger partial charge in [0.1, 0.15) is 29.6 Å². The molecule has 3 aromatic heterocycles. The monoisotopic (exact) mass is 760 g/mol. The molecule has 7 rings (SSSR count). The first kappa shape index (κ1) is 36.1. The van der Waals surface area contributed by atoms with Crippen molar-refractivity contribution in [2.75, 3.05) is 14.2 Å². The molecule has 0 saturated heterocycles. The molecule has 0 aliphatic carbocycles. The predicted octanol–water partition coefficient (Wildman–Crippen LogP) is 8.82. The molecule has 0 aliphatic rings. The highest BCUT2D eigenvalue weighted by atomic mass is 35.5. The lowest BCUT2D eigenvalue weighted by molar-refractivity contribution is -0.145. The highest BCUT2D eigenvalue weighted by Gasteiger charge is 2.28. The van der Waals surface area contributed by atoms with Crippen molar-refractivity contribution in [2.24, 2.45) is 0 Å². The molecule has 4 aromatic carbocycles. The van der Waals surface area contributed by atoms with Crippen molar-refractivity contribution in [2.45, 2.75) is 26.1 Å². The molecule has 0 amide bonds. The number of aromatic hydroxyl groups is 1. The van der Waals surface area contributed by atoms with Crippen molar-refractivity contribution in [3.05, 3.63) is 125 Å². The topological polar surface area (TPSA) is 146 Å². The maximum Gasteiger partial charge on any atom is 0.345 e. The molecule has 3 heterocycles. The Morgan fingerprint density at radius 1 is 0.907 bits per heavy atom. The largest absolute Gasteiger partial charge is 0.506 e. The van der Waals surface area contributed by atoms with Crippen LogP contribution >= 0.6 is 23.1 Å². The minimum atomic E-state index is -1.35. The lowest BCUT2D eigenvalue weighted by atomic mass is 9.93. The Bertz CT molecular complexity index is 2490. The number of aliphatic carboxylic acids is 1. The number of halogens is 1. The third kappa shape index (κ3) is 7.34. The van der Waals surface area contributed by atoms with Gasteiger partial charge in [-0.05, 0) is 77.6 Å². The third-order valence-corrected chi connectivity index (χ3v) is 10.0. The Morgan fingerprint density at radius 2 is 1.70 bits per heavy atom. The van der Waals surface area contributed by atoms with Crippen LogP contribution < -0.4 is 18.9 Å². The van der Waals surface area contributed by atoms with Gasteiger partial charge in [-0.25, -0.2) is 14.8 Å². The van der Waals surface area contributed by atoms with Crippen molar-refractivity contribution >= 4 is 39.2 Å². The van der Waals surface area contributed by atoms with Gasteiger partial charge >= 0.3 is 5.97 Å². The summed E-state index contributed by atoms with van der Waals surface area (Å²) in [5.74, 6) is 1.12. The summed E-state index contributed by atoms with van der Waals surface area (Å²) in [7, 11) is 3.18. The molecule has 0 spiro atoms. The number of phenols is 1. The van der Waals surface area contributed by atoms with Crippen LogP contribution in [0.3, 0.4) is 0 Å². The lowest BCUT2D eigenvalue weighted by Gasteiger charge is -2.18. The summed E-state index contributed by atoms with van der Waals surface area (Å²) in [6.07, 6.45) is 1.96. The molecule has 7 aromatic rings. The first-order chi connectivity index (χ1) is 26.2. The number of aromatic nitrogens is 4. The zero-order chi connectivity index (χ0) is 37.8. The number of nitrogens with zero attached hydrogens (tertiary/aromatic N) is 4. The van der Waals surface area contributed by atoms with Gasteiger partial charge in [0.15, 0.2) is 5.82 Å². The molecule has 11 nitrogen and oxygen atoms in total. The zero-order valence-corrected chi connectivity index (χ0v) is 30.9. The second-order valence-electron chi connectivity index (χ2n) is 12.1. The number of pyridine rings is 1. The molecule has 13 heteroatoms. The van der Waals surface area contributed by atoms with Gasteiger partial charge in [0, 0.05) is 29.9 Å². The van der Waals surface area contributed by atoms with E-state index in [1.165, 1.54) is 6.07 Å². The molecular formula is C41H33ClN4O7S. The van der Waals surface area contributed by atoms with E-state index in [2.05, 4.69) is 14.3 Å². The number of carboxylic acids is 1. The summed E-state index contributed by atoms with van der Waals surface area (Å²) in [4.78, 5) is 26.7. The van der Waals surface area contributed by atoms with E-state index >= 15 is 0 Å². The van der Waals surface area contributed by atoms with Crippen LogP contribution in [0.1, 0.15) is 16.8 Å². The fraction of sp³-hybridized carbons (Fsp3) is 0.146. The van der Waals surface area contributed by atoms with Crippen LogP contribution in [0, 0.1) is 6.92 Å². The number of phenolic OH excluding ortho intramolecular Hbond substituents is 1. The normalized spacial score (nSPS) is 11.6. The number of rotatable bonds is 13. The SMILES string of the molecule is COc1cccc(-c2ncc3snc(OC(Cc4ccccc4OCc4ccnc(-c5ccccc5OC)n4)C(=O)O)c3c2-c2ccc(O)c(Cl)c2C)c1. The number of hydrogen-bond donors (Lipinski definition) is 2. The van der Waals surface area contributed by atoms with E-state index in [1.54, 1.807) is 57.8 Å². The Morgan fingerprint density at radius 3 is 2.50 bits per heavy atom. The molecule has 272 valence electrons. The standard InChI is InChI=1S/C41H33ClN4O7S/c1-23-28(15-16-30(47)37(23)42)35-36-34(21-44-38(35)25-10-8-11-27(19-25)50-2)54-46-40(36)53-33(41(48)49)20-24-9-4-6-13-31(24)52-22-26-17-18-43-39(45-26)29-12-5-7-14-32(29)51-3/h4-19,21,33,47H,20,22H2,1-3H3,(H,48,49). The van der Waals surface area contributed by atoms with Crippen LogP contribution in [0.15, 0.2) is 103 Å². The Balaban J connectivity index is 1.22. The molecule has 0 bridgehead atoms. The van der Waals surface area contributed by atoms with Crippen molar-refractivity contribution < 1.29 is 34.0 Å². The summed E-state index contributed by atoms with van der Waals surface area (Å²) < 4.78 is 28.7. The second-order valence-corrected chi connectivity index (χ2v) is 13.3. The molecule has 54 heavy (non-hydrogen) atoms. The number of para-hydroxylation sites is 2. The molecule has 0 fully saturated rings. The molecule has 0 aliphatic heterocycles. The highest BCUT2D eigenvalue weighted by molar-refractivity contribution is 7.13. The van der Waals surface area contributed by atoms with E-state index in [9.17, 15) is 15.0 Å². The van der Waals surface area contributed by atoms with Gasteiger partial charge in [-0.2, -0.15) is 4.37 Å². The Hall–Kier alpha value is -6.24. The van der Waals surface area contributed by atoms with E-state index in [-0.39, 0.29) is 29.7 Å². The van der Waals surface area contributed by atoms with Gasteiger partial charge in [0.05, 0.1) is 46.3 Å². The average molecular weight is 761 g/mol. The van der Waals surface area contributed by atoms with E-state index in [0.717, 1.165) is 22.7 Å². The molecule has 0 saturated carbocycles. The third-order valence-electron chi connectivity index (χ3n) is 8.81. The minimum Gasteiger partial charge on any atom is -0.506 e. The number of hydrogen-bond acceptors (Lipinski definition) is 11. The van der Waals surface area contributed by atoms with Gasteiger partial charge in [-0.3, -0.25) is 4.98 Å². The number of ether oxygens (including phenoxy) is 4.